The molecule has 0 saturated heterocycles. The Morgan fingerprint density at radius 1 is 0.839 bits per heavy atom. The molecule has 5 aromatic rings. The fourth-order valence-corrected chi connectivity index (χ4v) is 3.88. The van der Waals surface area contributed by atoms with Crippen LogP contribution in [0, 0.1) is 0 Å². The van der Waals surface area contributed by atoms with Gasteiger partial charge in [-0.1, -0.05) is 76.1 Å². The Bertz CT molecular complexity index is 1440. The van der Waals surface area contributed by atoms with Crippen LogP contribution >= 0.6 is 27.5 Å². The van der Waals surface area contributed by atoms with E-state index in [1.165, 1.54) is 0 Å². The predicted octanol–water partition coefficient (Wildman–Crippen LogP) is 6.71. The fourth-order valence-electron chi connectivity index (χ4n) is 3.33. The van der Waals surface area contributed by atoms with Gasteiger partial charge in [-0.25, -0.2) is 20.4 Å². The van der Waals surface area contributed by atoms with Gasteiger partial charge in [-0.3, -0.25) is 0 Å². The van der Waals surface area contributed by atoms with Gasteiger partial charge >= 0.3 is 0 Å². The molecule has 7 heteroatoms. The number of hydrogen-bond acceptors (Lipinski definition) is 5. The molecule has 0 saturated carbocycles. The summed E-state index contributed by atoms with van der Waals surface area (Å²) in [7, 11) is 0. The first-order chi connectivity index (χ1) is 15.2. The van der Waals surface area contributed by atoms with Gasteiger partial charge in [-0.05, 0) is 30.3 Å². The molecule has 0 fully saturated rings. The van der Waals surface area contributed by atoms with E-state index in [4.69, 9.17) is 16.6 Å². The smallest absolute Gasteiger partial charge is 0.244 e. The molecular formula is C24H15BrClN5. The van der Waals surface area contributed by atoms with Crippen LogP contribution in [-0.2, 0) is 0 Å². The average molecular weight is 489 g/mol. The SMILES string of the molecule is Clc1nc2ccccc2cc1/C=N/Nc1nc(-c2ccccc2)c2cc(Br)ccc2n1. The Hall–Kier alpha value is -3.35. The van der Waals surface area contributed by atoms with Gasteiger partial charge in [0.15, 0.2) is 0 Å². The number of rotatable bonds is 4. The second-order valence-corrected chi connectivity index (χ2v) is 8.13. The molecule has 0 unspecified atom stereocenters. The summed E-state index contributed by atoms with van der Waals surface area (Å²) in [5.74, 6) is 0.398. The van der Waals surface area contributed by atoms with E-state index in [0.717, 1.165) is 37.5 Å². The third-order valence-corrected chi connectivity index (χ3v) is 5.57. The summed E-state index contributed by atoms with van der Waals surface area (Å²) in [6.07, 6.45) is 1.62. The minimum absolute atomic E-state index is 0.388. The highest BCUT2D eigenvalue weighted by Crippen LogP contribution is 2.29. The highest BCUT2D eigenvalue weighted by atomic mass is 79.9. The van der Waals surface area contributed by atoms with Crippen LogP contribution in [0.3, 0.4) is 0 Å². The molecule has 0 spiro atoms. The molecule has 5 nitrogen and oxygen atoms in total. The number of benzene rings is 3. The summed E-state index contributed by atoms with van der Waals surface area (Å²) in [5.41, 5.74) is 7.14. The first-order valence-electron chi connectivity index (χ1n) is 9.54. The van der Waals surface area contributed by atoms with Crippen LogP contribution in [0.2, 0.25) is 5.15 Å². The van der Waals surface area contributed by atoms with Crippen LogP contribution in [0.4, 0.5) is 5.95 Å². The van der Waals surface area contributed by atoms with E-state index in [-0.39, 0.29) is 0 Å². The number of fused-ring (bicyclic) bond motifs is 2. The van der Waals surface area contributed by atoms with Crippen molar-refractivity contribution >= 4 is 61.5 Å². The summed E-state index contributed by atoms with van der Waals surface area (Å²) in [6, 6.07) is 25.7. The molecule has 0 aliphatic heterocycles. The Balaban J connectivity index is 1.51. The summed E-state index contributed by atoms with van der Waals surface area (Å²) >= 11 is 9.85. The zero-order valence-corrected chi connectivity index (χ0v) is 18.5. The maximum atomic E-state index is 6.32. The normalized spacial score (nSPS) is 11.4. The molecule has 5 rings (SSSR count). The lowest BCUT2D eigenvalue weighted by atomic mass is 10.1. The summed E-state index contributed by atoms with van der Waals surface area (Å²) in [6.45, 7) is 0. The van der Waals surface area contributed by atoms with E-state index in [9.17, 15) is 0 Å². The van der Waals surface area contributed by atoms with Gasteiger partial charge < -0.3 is 0 Å². The van der Waals surface area contributed by atoms with Crippen molar-refractivity contribution in [3.8, 4) is 11.3 Å². The molecule has 31 heavy (non-hydrogen) atoms. The van der Waals surface area contributed by atoms with Crippen LogP contribution in [0.25, 0.3) is 33.1 Å². The van der Waals surface area contributed by atoms with Gasteiger partial charge in [-0.2, -0.15) is 5.10 Å². The second kappa shape index (κ2) is 8.41. The first kappa shape index (κ1) is 19.6. The number of anilines is 1. The van der Waals surface area contributed by atoms with Crippen molar-refractivity contribution in [1.82, 2.24) is 15.0 Å². The topological polar surface area (TPSA) is 63.1 Å². The van der Waals surface area contributed by atoms with Gasteiger partial charge in [0.25, 0.3) is 0 Å². The van der Waals surface area contributed by atoms with Crippen molar-refractivity contribution in [2.75, 3.05) is 5.43 Å². The minimum atomic E-state index is 0.388. The standard InChI is InChI=1S/C24H15BrClN5/c25-18-10-11-21-19(13-18)22(15-6-2-1-3-7-15)30-24(29-21)31-27-14-17-12-16-8-4-5-9-20(16)28-23(17)26/h1-14H,(H,29,30,31)/b27-14+. The molecule has 0 atom stereocenters. The number of nitrogens with one attached hydrogen (secondary N) is 1. The second-order valence-electron chi connectivity index (χ2n) is 6.85. The number of nitrogens with zero attached hydrogens (tertiary/aromatic N) is 4. The largest absolute Gasteiger partial charge is 0.245 e. The van der Waals surface area contributed by atoms with Gasteiger partial charge in [0.1, 0.15) is 5.15 Å². The summed E-state index contributed by atoms with van der Waals surface area (Å²) < 4.78 is 0.970. The molecule has 0 bridgehead atoms. The minimum Gasteiger partial charge on any atom is -0.245 e. The average Bonchev–Trinajstić information content (AvgIpc) is 2.79. The van der Waals surface area contributed by atoms with Gasteiger partial charge in [-0.15, -0.1) is 0 Å². The van der Waals surface area contributed by atoms with E-state index in [1.54, 1.807) is 6.21 Å². The number of aromatic nitrogens is 3. The number of hydrazone groups is 1. The molecule has 3 aromatic carbocycles. The lowest BCUT2D eigenvalue weighted by molar-refractivity contribution is 1.15. The summed E-state index contributed by atoms with van der Waals surface area (Å²) in [4.78, 5) is 13.7. The lowest BCUT2D eigenvalue weighted by Gasteiger charge is -2.09. The lowest BCUT2D eigenvalue weighted by Crippen LogP contribution is -2.00. The third-order valence-electron chi connectivity index (χ3n) is 4.78. The van der Waals surface area contributed by atoms with Gasteiger partial charge in [0.2, 0.25) is 5.95 Å². The van der Waals surface area contributed by atoms with Crippen molar-refractivity contribution in [2.24, 2.45) is 5.10 Å². The highest BCUT2D eigenvalue weighted by Gasteiger charge is 2.10. The molecule has 2 heterocycles. The van der Waals surface area contributed by atoms with Crippen molar-refractivity contribution in [3.05, 3.63) is 94.1 Å². The fraction of sp³-hybridized carbons (Fsp3) is 0. The van der Waals surface area contributed by atoms with Crippen LogP contribution in [0.5, 0.6) is 0 Å². The van der Waals surface area contributed by atoms with Crippen molar-refractivity contribution in [2.45, 2.75) is 0 Å². The van der Waals surface area contributed by atoms with Crippen molar-refractivity contribution < 1.29 is 0 Å². The van der Waals surface area contributed by atoms with Crippen LogP contribution in [0.15, 0.2) is 88.4 Å². The molecule has 150 valence electrons. The zero-order valence-electron chi connectivity index (χ0n) is 16.1. The molecule has 0 aliphatic carbocycles. The molecular weight excluding hydrogens is 474 g/mol. The van der Waals surface area contributed by atoms with Crippen molar-refractivity contribution in [3.63, 3.8) is 0 Å². The highest BCUT2D eigenvalue weighted by molar-refractivity contribution is 9.10. The Morgan fingerprint density at radius 3 is 2.52 bits per heavy atom. The Labute approximate surface area is 192 Å². The Kier molecular flexibility index (Phi) is 5.32. The van der Waals surface area contributed by atoms with E-state index in [0.29, 0.717) is 16.7 Å². The molecule has 2 aromatic heterocycles. The Morgan fingerprint density at radius 2 is 1.65 bits per heavy atom. The maximum absolute atomic E-state index is 6.32. The third kappa shape index (κ3) is 4.13. The van der Waals surface area contributed by atoms with E-state index in [1.807, 2.05) is 78.9 Å². The molecule has 1 N–H and O–H groups in total. The number of para-hydroxylation sites is 1. The van der Waals surface area contributed by atoms with Crippen LogP contribution < -0.4 is 5.43 Å². The van der Waals surface area contributed by atoms with Gasteiger partial charge in [0, 0.05) is 26.4 Å². The van der Waals surface area contributed by atoms with E-state index in [2.05, 4.69) is 36.4 Å². The molecule has 0 radical (unpaired) electrons. The predicted molar refractivity (Wildman–Crippen MR) is 131 cm³/mol. The number of halogens is 2. The van der Waals surface area contributed by atoms with E-state index < -0.39 is 0 Å². The van der Waals surface area contributed by atoms with Crippen molar-refractivity contribution in [1.29, 1.82) is 0 Å². The number of hydrogen-bond donors (Lipinski definition) is 1. The van der Waals surface area contributed by atoms with Crippen LogP contribution in [-0.4, -0.2) is 21.2 Å². The van der Waals surface area contributed by atoms with E-state index >= 15 is 0 Å². The molecule has 0 aliphatic rings. The quantitative estimate of drug-likeness (QED) is 0.173. The first-order valence-corrected chi connectivity index (χ1v) is 10.7. The van der Waals surface area contributed by atoms with Gasteiger partial charge in [0.05, 0.1) is 22.9 Å². The maximum Gasteiger partial charge on any atom is 0.244 e. The van der Waals surface area contributed by atoms with Crippen LogP contribution in [0.1, 0.15) is 5.56 Å². The molecule has 0 amide bonds. The zero-order chi connectivity index (χ0) is 21.2. The number of pyridine rings is 1. The monoisotopic (exact) mass is 487 g/mol. The summed E-state index contributed by atoms with van der Waals surface area (Å²) in [5, 5.41) is 6.64.